The molecule has 10 nitrogen and oxygen atoms in total. The van der Waals surface area contributed by atoms with Gasteiger partial charge in [0.25, 0.3) is 11.8 Å². The minimum absolute atomic E-state index is 0.123. The summed E-state index contributed by atoms with van der Waals surface area (Å²) in [5.41, 5.74) is 2.33. The standard InChI is InChI=1S/C37H44FN3O7Si/c1-22-34(49(4,5)38)32(18-33(44)40-20-26-9-7-6-8-25(26)16-28(40)21-42)48-37(22)30-17-29(47-3)14-15-31(30)41(36(37)46)19-24-10-12-27(13-11-24)39-35(45)23(2)43/h6-15,17,22-23,28,32,34,42-43H,16,18-21H2,1-5H3,(H,39,45)/t22-,23-,28-,32+,34-,37+/m0/s1. The molecule has 0 bridgehead atoms. The van der Waals surface area contributed by atoms with Gasteiger partial charge in [-0.25, -0.2) is 0 Å². The minimum atomic E-state index is -3.54. The number of nitrogens with one attached hydrogen (secondary N) is 1. The largest absolute Gasteiger partial charge is 0.497 e. The lowest BCUT2D eigenvalue weighted by atomic mass is 9.82. The second-order valence-electron chi connectivity index (χ2n) is 13.9. The first-order chi connectivity index (χ1) is 23.3. The predicted octanol–water partition coefficient (Wildman–Crippen LogP) is 4.67. The Morgan fingerprint density at radius 3 is 2.45 bits per heavy atom. The Hall–Kier alpha value is -4.10. The predicted molar refractivity (Wildman–Crippen MR) is 185 cm³/mol. The van der Waals surface area contributed by atoms with Gasteiger partial charge in [0.05, 0.1) is 44.5 Å². The Balaban J connectivity index is 1.32. The van der Waals surface area contributed by atoms with Crippen molar-refractivity contribution in [3.8, 4) is 5.75 Å². The maximum atomic E-state index is 16.4. The molecule has 3 N–H and O–H groups in total. The monoisotopic (exact) mass is 689 g/mol. The lowest BCUT2D eigenvalue weighted by Gasteiger charge is -2.37. The molecule has 3 aliphatic rings. The van der Waals surface area contributed by atoms with Crippen LogP contribution in [-0.4, -0.2) is 73.2 Å². The van der Waals surface area contributed by atoms with Crippen molar-refractivity contribution in [2.24, 2.45) is 5.92 Å². The maximum Gasteiger partial charge on any atom is 0.264 e. The zero-order chi connectivity index (χ0) is 35.2. The molecule has 6 rings (SSSR count). The fraction of sp³-hybridized carbons (Fsp3) is 0.432. The summed E-state index contributed by atoms with van der Waals surface area (Å²) >= 11 is 0. The zero-order valence-electron chi connectivity index (χ0n) is 28.5. The number of halogens is 1. The van der Waals surface area contributed by atoms with Crippen LogP contribution in [-0.2, 0) is 44.2 Å². The number of aliphatic hydroxyl groups is 2. The maximum absolute atomic E-state index is 16.4. The number of nitrogens with zero attached hydrogens (tertiary/aromatic N) is 2. The summed E-state index contributed by atoms with van der Waals surface area (Å²) in [5.74, 6) is -1.20. The molecule has 1 saturated heterocycles. The van der Waals surface area contributed by atoms with Crippen molar-refractivity contribution >= 4 is 37.5 Å². The Morgan fingerprint density at radius 2 is 1.82 bits per heavy atom. The van der Waals surface area contributed by atoms with E-state index in [1.54, 1.807) is 65.4 Å². The highest BCUT2D eigenvalue weighted by atomic mass is 28.4. The third-order valence-electron chi connectivity index (χ3n) is 10.4. The molecule has 3 aromatic rings. The number of anilines is 2. The second kappa shape index (κ2) is 13.3. The number of carbonyl (C=O) groups is 3. The van der Waals surface area contributed by atoms with E-state index < -0.39 is 49.6 Å². The third-order valence-corrected chi connectivity index (χ3v) is 12.8. The van der Waals surface area contributed by atoms with E-state index in [1.165, 1.54) is 14.0 Å². The van der Waals surface area contributed by atoms with Crippen molar-refractivity contribution in [1.82, 2.24) is 4.90 Å². The number of hydrogen-bond acceptors (Lipinski definition) is 7. The number of aliphatic hydroxyl groups excluding tert-OH is 2. The number of methoxy groups -OCH3 is 1. The normalized spacial score (nSPS) is 25.3. The van der Waals surface area contributed by atoms with E-state index in [9.17, 15) is 24.6 Å². The topological polar surface area (TPSA) is 129 Å². The fourth-order valence-corrected chi connectivity index (χ4v) is 10.5. The fourth-order valence-electron chi connectivity index (χ4n) is 7.96. The summed E-state index contributed by atoms with van der Waals surface area (Å²) < 4.78 is 28.8. The molecule has 260 valence electrons. The average Bonchev–Trinajstić information content (AvgIpc) is 3.50. The van der Waals surface area contributed by atoms with Gasteiger partial charge in [-0.1, -0.05) is 43.3 Å². The van der Waals surface area contributed by atoms with Crippen molar-refractivity contribution in [2.45, 2.75) is 82.3 Å². The first kappa shape index (κ1) is 34.7. The highest BCUT2D eigenvalue weighted by molar-refractivity contribution is 6.72. The Labute approximate surface area is 287 Å². The molecule has 0 aromatic heterocycles. The molecule has 0 unspecified atom stereocenters. The number of carbonyl (C=O) groups excluding carboxylic acids is 3. The quantitative estimate of drug-likeness (QED) is 0.220. The molecule has 3 aromatic carbocycles. The summed E-state index contributed by atoms with van der Waals surface area (Å²) in [6.45, 7) is 6.74. The minimum Gasteiger partial charge on any atom is -0.497 e. The Kier molecular flexibility index (Phi) is 9.44. The van der Waals surface area contributed by atoms with Gasteiger partial charge in [-0.05, 0) is 73.5 Å². The number of rotatable bonds is 9. The number of fused-ring (bicyclic) bond motifs is 3. The van der Waals surface area contributed by atoms with Crippen molar-refractivity contribution in [2.75, 3.05) is 23.9 Å². The number of hydrogen-bond donors (Lipinski definition) is 3. The molecule has 3 aliphatic heterocycles. The first-order valence-corrected chi connectivity index (χ1v) is 19.7. The lowest BCUT2D eigenvalue weighted by Crippen LogP contribution is -2.48. The zero-order valence-corrected chi connectivity index (χ0v) is 29.5. The van der Waals surface area contributed by atoms with Gasteiger partial charge in [-0.15, -0.1) is 0 Å². The van der Waals surface area contributed by atoms with E-state index in [1.807, 2.05) is 31.2 Å². The van der Waals surface area contributed by atoms with Gasteiger partial charge >= 0.3 is 0 Å². The molecule has 49 heavy (non-hydrogen) atoms. The molecule has 3 heterocycles. The first-order valence-electron chi connectivity index (χ1n) is 16.7. The van der Waals surface area contributed by atoms with E-state index in [2.05, 4.69) is 5.32 Å². The Morgan fingerprint density at radius 1 is 1.12 bits per heavy atom. The Bertz CT molecular complexity index is 1750. The summed E-state index contributed by atoms with van der Waals surface area (Å²) in [5, 5.41) is 22.4. The van der Waals surface area contributed by atoms with Gasteiger partial charge in [-0.2, -0.15) is 0 Å². The number of benzene rings is 3. The van der Waals surface area contributed by atoms with Crippen LogP contribution < -0.4 is 15.0 Å². The van der Waals surface area contributed by atoms with Crippen molar-refractivity contribution < 1.29 is 38.2 Å². The van der Waals surface area contributed by atoms with E-state index >= 15 is 4.11 Å². The van der Waals surface area contributed by atoms with E-state index in [0.29, 0.717) is 35.7 Å². The van der Waals surface area contributed by atoms with Crippen LogP contribution in [0.15, 0.2) is 66.7 Å². The summed E-state index contributed by atoms with van der Waals surface area (Å²) in [6.07, 6.45) is -1.63. The van der Waals surface area contributed by atoms with Crippen molar-refractivity contribution in [1.29, 1.82) is 0 Å². The summed E-state index contributed by atoms with van der Waals surface area (Å²) in [4.78, 5) is 44.1. The van der Waals surface area contributed by atoms with E-state index in [4.69, 9.17) is 9.47 Å². The molecule has 0 aliphatic carbocycles. The van der Waals surface area contributed by atoms with Gasteiger partial charge in [0.2, 0.25) is 14.3 Å². The molecule has 1 fully saturated rings. The van der Waals surface area contributed by atoms with Crippen LogP contribution in [0.3, 0.4) is 0 Å². The molecule has 0 radical (unpaired) electrons. The van der Waals surface area contributed by atoms with E-state index in [-0.39, 0.29) is 31.4 Å². The van der Waals surface area contributed by atoms with Crippen molar-refractivity contribution in [3.05, 3.63) is 89.0 Å². The van der Waals surface area contributed by atoms with Gasteiger partial charge in [0.1, 0.15) is 11.9 Å². The SMILES string of the molecule is COc1ccc2c(c1)[C@@]1(O[C@H](CC(=O)N3Cc4ccccc4C[C@H]3CO)[C@@H]([Si](C)(C)F)[C@@H]1C)C(=O)N2Cc1ccc(NC(=O)[C@H](C)O)cc1. The highest BCUT2D eigenvalue weighted by Crippen LogP contribution is 2.60. The van der Waals surface area contributed by atoms with Gasteiger partial charge in [-0.3, -0.25) is 14.4 Å². The smallest absolute Gasteiger partial charge is 0.264 e. The van der Waals surface area contributed by atoms with Gasteiger partial charge in [0.15, 0.2) is 5.60 Å². The van der Waals surface area contributed by atoms with Gasteiger partial charge < -0.3 is 38.9 Å². The molecule has 12 heteroatoms. The van der Waals surface area contributed by atoms with Crippen LogP contribution in [0.4, 0.5) is 15.5 Å². The summed E-state index contributed by atoms with van der Waals surface area (Å²) in [7, 11) is -2.00. The molecule has 6 atom stereocenters. The number of ether oxygens (including phenoxy) is 2. The van der Waals surface area contributed by atoms with Crippen LogP contribution in [0.1, 0.15) is 42.5 Å². The van der Waals surface area contributed by atoms with E-state index in [0.717, 1.165) is 16.7 Å². The van der Waals surface area contributed by atoms with Crippen LogP contribution in [0, 0.1) is 5.92 Å². The molecular weight excluding hydrogens is 646 g/mol. The average molecular weight is 690 g/mol. The van der Waals surface area contributed by atoms with Crippen molar-refractivity contribution in [3.63, 3.8) is 0 Å². The highest BCUT2D eigenvalue weighted by Gasteiger charge is 2.67. The lowest BCUT2D eigenvalue weighted by molar-refractivity contribution is -0.151. The molecule has 1 spiro atoms. The number of amides is 3. The van der Waals surface area contributed by atoms with Crippen LogP contribution >= 0.6 is 0 Å². The molecular formula is C37H44FN3O7Si. The van der Waals surface area contributed by atoms with Crippen LogP contribution in [0.2, 0.25) is 18.6 Å². The van der Waals surface area contributed by atoms with Crippen LogP contribution in [0.5, 0.6) is 5.75 Å². The molecule has 3 amide bonds. The van der Waals surface area contributed by atoms with Crippen LogP contribution in [0.25, 0.3) is 0 Å². The van der Waals surface area contributed by atoms with Gasteiger partial charge in [0, 0.05) is 29.3 Å². The summed E-state index contributed by atoms with van der Waals surface area (Å²) in [6, 6.07) is 19.7. The molecule has 0 saturated carbocycles. The second-order valence-corrected chi connectivity index (χ2v) is 17.7. The third kappa shape index (κ3) is 6.27.